The molecule has 666 valence electrons. The molecule has 0 fully saturated rings. The maximum atomic E-state index is 9.66. The smallest absolute Gasteiger partial charge is 0.187 e. The summed E-state index contributed by atoms with van der Waals surface area (Å²) in [5.74, 6) is 0. The molecule has 0 N–H and O–H groups in total. The summed E-state index contributed by atoms with van der Waals surface area (Å²) in [4.78, 5) is 3.72. The van der Waals surface area contributed by atoms with Crippen LogP contribution in [0.1, 0.15) is 11.1 Å². The zero-order valence-corrected chi connectivity index (χ0v) is 77.8. The van der Waals surface area contributed by atoms with E-state index in [2.05, 4.69) is 493 Å². The molecule has 9 heteroatoms. The van der Waals surface area contributed by atoms with Crippen LogP contribution in [0.4, 0.5) is 5.69 Å². The lowest BCUT2D eigenvalue weighted by atomic mass is 9.97. The Bertz CT molecular complexity index is 10800. The van der Waals surface area contributed by atoms with Gasteiger partial charge in [-0.15, -0.1) is 0 Å². The Morgan fingerprint density at radius 2 is 0.465 bits per heavy atom. The molecule has 0 spiro atoms. The van der Waals surface area contributed by atoms with E-state index >= 15 is 0 Å². The van der Waals surface area contributed by atoms with Crippen LogP contribution in [0.3, 0.4) is 0 Å². The summed E-state index contributed by atoms with van der Waals surface area (Å²) in [6.45, 7) is 7.61. The van der Waals surface area contributed by atoms with Crippen LogP contribution in [0.5, 0.6) is 0 Å². The van der Waals surface area contributed by atoms with Gasteiger partial charge in [0.2, 0.25) is 0 Å². The van der Waals surface area contributed by atoms with Gasteiger partial charge in [0.25, 0.3) is 0 Å². The Hall–Kier alpha value is -19.9. The Labute approximate surface area is 826 Å². The molecule has 0 aliphatic heterocycles. The molecule has 0 bridgehead atoms. The van der Waals surface area contributed by atoms with Crippen molar-refractivity contribution in [3.05, 3.63) is 514 Å². The van der Waals surface area contributed by atoms with E-state index in [1.807, 2.05) is 42.5 Å². The zero-order valence-electron chi connectivity index (χ0n) is 77.8. The topological polar surface area (TPSA) is 81.5 Å². The predicted octanol–water partition coefficient (Wildman–Crippen LogP) is 35.9. The fraction of sp³-hybridized carbons (Fsp3) is 0. The van der Waals surface area contributed by atoms with E-state index in [-0.39, 0.29) is 0 Å². The number of nitriles is 2. The average molecular weight is 1830 g/mol. The molecule has 0 aliphatic rings. The van der Waals surface area contributed by atoms with Crippen molar-refractivity contribution < 1.29 is 0 Å². The Morgan fingerprint density at radius 3 is 0.903 bits per heavy atom. The van der Waals surface area contributed by atoms with Crippen LogP contribution in [-0.4, -0.2) is 27.4 Å². The van der Waals surface area contributed by atoms with Gasteiger partial charge < -0.3 is 27.4 Å². The molecule has 144 heavy (non-hydrogen) atoms. The number of rotatable bonds is 9. The van der Waals surface area contributed by atoms with Crippen LogP contribution in [0, 0.1) is 29.2 Å². The first-order chi connectivity index (χ1) is 71.3. The number of hydrogen-bond donors (Lipinski definition) is 0. The third-order valence-corrected chi connectivity index (χ3v) is 29.7. The zero-order chi connectivity index (χ0) is 95.3. The first-order valence-electron chi connectivity index (χ1n) is 48.7. The van der Waals surface area contributed by atoms with E-state index in [4.69, 9.17) is 6.57 Å². The maximum absolute atomic E-state index is 9.66. The number of benzene rings is 24. The summed E-state index contributed by atoms with van der Waals surface area (Å²) in [6, 6.07) is 180. The molecular weight excluding hydrogens is 1750 g/mol. The lowest BCUT2D eigenvalue weighted by Crippen LogP contribution is -1.96. The van der Waals surface area contributed by atoms with Crippen molar-refractivity contribution in [3.8, 4) is 79.6 Å². The fourth-order valence-electron chi connectivity index (χ4n) is 23.4. The van der Waals surface area contributed by atoms with E-state index in [0.29, 0.717) is 16.8 Å². The minimum atomic E-state index is 0.657. The van der Waals surface area contributed by atoms with Gasteiger partial charge in [-0.25, -0.2) is 4.85 Å². The lowest BCUT2D eigenvalue weighted by Gasteiger charge is -2.15. The van der Waals surface area contributed by atoms with Gasteiger partial charge in [0.05, 0.1) is 102 Å². The van der Waals surface area contributed by atoms with Gasteiger partial charge in [-0.05, 0) is 262 Å². The summed E-state index contributed by atoms with van der Waals surface area (Å²) >= 11 is 0. The molecule has 6 heterocycles. The van der Waals surface area contributed by atoms with Crippen LogP contribution in [-0.2, 0) is 0 Å². The number of nitrogens with zero attached hydrogens (tertiary/aromatic N) is 9. The van der Waals surface area contributed by atoms with Crippen LogP contribution < -0.4 is 0 Å². The van der Waals surface area contributed by atoms with Gasteiger partial charge in [0.15, 0.2) is 5.69 Å². The molecule has 9 nitrogen and oxygen atoms in total. The minimum absolute atomic E-state index is 0.657. The molecule has 0 radical (unpaired) electrons. The van der Waals surface area contributed by atoms with Crippen LogP contribution in [0.2, 0.25) is 0 Å². The van der Waals surface area contributed by atoms with Gasteiger partial charge in [0.1, 0.15) is 0 Å². The molecule has 30 aromatic rings. The van der Waals surface area contributed by atoms with Gasteiger partial charge in [0, 0.05) is 98.5 Å². The van der Waals surface area contributed by atoms with Crippen molar-refractivity contribution in [2.24, 2.45) is 0 Å². The van der Waals surface area contributed by atoms with Crippen molar-refractivity contribution in [3.63, 3.8) is 0 Å². The molecular formula is C135H81N9. The highest BCUT2D eigenvalue weighted by atomic mass is 15.0. The molecule has 0 atom stereocenters. The molecule has 0 saturated heterocycles. The van der Waals surface area contributed by atoms with E-state index in [9.17, 15) is 10.5 Å². The molecule has 0 amide bonds. The van der Waals surface area contributed by atoms with E-state index in [1.54, 1.807) is 0 Å². The SMILES string of the molecule is N#Cc1ccc2cc(-n3c4ccccc4c4ccc(-c5cccc6c5c5ccccc5n6-c5ccccc5)cc43)c3ccccc3c2c1.N#Cc1ccc2ccc3cc(-n4c5ccccc5c5ccc(-c6cccc7c6c6ccccc6n7-c6ccccc6)cc54)ccc3c2c1.[C-]#[N+]c1ccc2ccc3ccc(-n4c5ccccc5c5ccc(-c6cccc7c6c6ccccc6n7-c6ccccc6)cc54)cc3c2c1. The Balaban J connectivity index is 0.000000105. The third kappa shape index (κ3) is 13.0. The second-order valence-electron chi connectivity index (χ2n) is 37.4. The summed E-state index contributed by atoms with van der Waals surface area (Å²) in [5.41, 5.74) is 30.2. The van der Waals surface area contributed by atoms with Crippen LogP contribution in [0.25, 0.3) is 268 Å². The first kappa shape index (κ1) is 82.4. The van der Waals surface area contributed by atoms with E-state index < -0.39 is 0 Å². The summed E-state index contributed by atoms with van der Waals surface area (Å²) in [7, 11) is 0. The number of aromatic nitrogens is 6. The monoisotopic (exact) mass is 1830 g/mol. The Kier molecular flexibility index (Phi) is 19.0. The predicted molar refractivity (Wildman–Crippen MR) is 602 cm³/mol. The van der Waals surface area contributed by atoms with Crippen molar-refractivity contribution in [2.75, 3.05) is 0 Å². The Morgan fingerprint density at radius 1 is 0.174 bits per heavy atom. The van der Waals surface area contributed by atoms with Crippen molar-refractivity contribution in [1.29, 1.82) is 10.5 Å². The number of para-hydroxylation sites is 9. The highest BCUT2D eigenvalue weighted by Gasteiger charge is 2.26. The largest absolute Gasteiger partial charge is 0.309 e. The van der Waals surface area contributed by atoms with E-state index in [0.717, 1.165) is 104 Å². The van der Waals surface area contributed by atoms with Crippen molar-refractivity contribution in [2.45, 2.75) is 0 Å². The first-order valence-corrected chi connectivity index (χ1v) is 48.7. The standard InChI is InChI=1S/3C45H27N3/c1-46-32-23-20-29-18-19-30-21-24-34(28-40(30)39(29)27-32)48-41-15-7-5-12-36(41)37-25-22-31(26-44(37)48)35-14-9-17-43-45(35)38-13-6-8-16-42(38)47(43)33-10-3-2-4-11-33;46-28-29-17-18-30-19-20-31-26-34(22-24-35(31)40(30)25-29)48-41-14-6-4-11-37(41)38-23-21-32(27-44(38)48)36-13-8-16-43-45(36)39-12-5-7-15-42(39)47(43)33-9-2-1-3-10-33;46-28-29-21-22-31-27-43(35-14-5-4-13-34(35)39(31)25-29)48-40-18-8-6-15-36(40)37-24-23-30(26-44(37)48)33-17-10-20-42-45(33)38-16-7-9-19-41(38)47(42)32-11-2-1-3-12-32/h2-28H;2*1-27H. The van der Waals surface area contributed by atoms with Gasteiger partial charge >= 0.3 is 0 Å². The molecule has 0 unspecified atom stereocenters. The average Bonchev–Trinajstić information content (AvgIpc) is 1.55. The quantitative estimate of drug-likeness (QED) is 0.107. The highest BCUT2D eigenvalue weighted by molar-refractivity contribution is 6.23. The van der Waals surface area contributed by atoms with Gasteiger partial charge in [-0.3, -0.25) is 0 Å². The van der Waals surface area contributed by atoms with Crippen molar-refractivity contribution in [1.82, 2.24) is 27.4 Å². The van der Waals surface area contributed by atoms with Gasteiger partial charge in [-0.2, -0.15) is 10.5 Å². The lowest BCUT2D eigenvalue weighted by molar-refractivity contribution is 1.18. The highest BCUT2D eigenvalue weighted by Crippen LogP contribution is 2.49. The molecule has 0 saturated carbocycles. The molecule has 0 aliphatic carbocycles. The maximum Gasteiger partial charge on any atom is 0.187 e. The second kappa shape index (κ2) is 33.2. The second-order valence-corrected chi connectivity index (χ2v) is 37.4. The summed E-state index contributed by atoms with van der Waals surface area (Å²) in [6.07, 6.45) is 0. The number of fused-ring (bicyclic) bond motifs is 27. The third-order valence-electron chi connectivity index (χ3n) is 29.7. The number of hydrogen-bond acceptors (Lipinski definition) is 2. The van der Waals surface area contributed by atoms with Crippen LogP contribution in [0.15, 0.2) is 491 Å². The normalized spacial score (nSPS) is 11.7. The van der Waals surface area contributed by atoms with Crippen LogP contribution >= 0.6 is 0 Å². The fourth-order valence-corrected chi connectivity index (χ4v) is 23.4. The summed E-state index contributed by atoms with van der Waals surface area (Å²) in [5, 5.41) is 47.7. The summed E-state index contributed by atoms with van der Waals surface area (Å²) < 4.78 is 14.4. The van der Waals surface area contributed by atoms with Gasteiger partial charge in [-0.1, -0.05) is 322 Å². The minimum Gasteiger partial charge on any atom is -0.309 e. The van der Waals surface area contributed by atoms with Crippen molar-refractivity contribution >= 4 is 201 Å². The molecule has 30 rings (SSSR count). The molecule has 6 aromatic heterocycles. The molecule has 24 aromatic carbocycles. The van der Waals surface area contributed by atoms with E-state index in [1.165, 1.54) is 159 Å².